The van der Waals surface area contributed by atoms with Crippen LogP contribution < -0.4 is 10.6 Å². The van der Waals surface area contributed by atoms with Gasteiger partial charge >= 0.3 is 0 Å². The Labute approximate surface area is 139 Å². The van der Waals surface area contributed by atoms with Crippen LogP contribution in [0.25, 0.3) is 0 Å². The van der Waals surface area contributed by atoms with Gasteiger partial charge in [0.1, 0.15) is 11.1 Å². The van der Waals surface area contributed by atoms with Gasteiger partial charge in [-0.25, -0.2) is 0 Å². The van der Waals surface area contributed by atoms with Crippen LogP contribution in [0.3, 0.4) is 0 Å². The van der Waals surface area contributed by atoms with Crippen molar-refractivity contribution in [2.24, 2.45) is 0 Å². The summed E-state index contributed by atoms with van der Waals surface area (Å²) < 4.78 is 0. The number of amides is 2. The number of piperazine rings is 1. The third-order valence-corrected chi connectivity index (χ3v) is 5.57. The largest absolute Gasteiger partial charge is 0.340 e. The Kier molecular flexibility index (Phi) is 5.38. The molecule has 0 aromatic carbocycles. The van der Waals surface area contributed by atoms with Gasteiger partial charge in [-0.05, 0) is 45.2 Å². The molecule has 6 heteroatoms. The lowest BCUT2D eigenvalue weighted by atomic mass is 9.78. The molecule has 3 rings (SSSR count). The van der Waals surface area contributed by atoms with Gasteiger partial charge in [0.25, 0.3) is 0 Å². The van der Waals surface area contributed by atoms with E-state index in [1.807, 2.05) is 4.90 Å². The van der Waals surface area contributed by atoms with Crippen molar-refractivity contribution in [2.75, 3.05) is 19.6 Å². The van der Waals surface area contributed by atoms with E-state index in [1.165, 1.54) is 0 Å². The molecule has 0 radical (unpaired) electrons. The zero-order valence-corrected chi connectivity index (χ0v) is 14.3. The van der Waals surface area contributed by atoms with Crippen LogP contribution in [0.5, 0.6) is 0 Å². The second kappa shape index (κ2) is 6.75. The standard InChI is InChI=1S/C16H27N3O2.ClH/c1-2-3-12-19-14(21)15(6-4-5-7-15)18-13(20)16(19)8-10-17-11-9-16;/h17H,2-12H2,1H3,(H,18,20);1H. The molecule has 2 aliphatic heterocycles. The van der Waals surface area contributed by atoms with E-state index >= 15 is 0 Å². The quantitative estimate of drug-likeness (QED) is 0.827. The van der Waals surface area contributed by atoms with Gasteiger partial charge < -0.3 is 15.5 Å². The maximum atomic E-state index is 13.2. The molecule has 126 valence electrons. The summed E-state index contributed by atoms with van der Waals surface area (Å²) in [5.74, 6) is 0.288. The number of hydrogen-bond acceptors (Lipinski definition) is 3. The zero-order valence-electron chi connectivity index (χ0n) is 13.5. The monoisotopic (exact) mass is 329 g/mol. The Balaban J connectivity index is 0.00000176. The SMILES string of the molecule is CCCCN1C(=O)C2(CCCC2)NC(=O)C12CCNCC2.Cl. The van der Waals surface area contributed by atoms with Gasteiger partial charge in [-0.1, -0.05) is 26.2 Å². The number of carbonyl (C=O) groups is 2. The summed E-state index contributed by atoms with van der Waals surface area (Å²) in [5.41, 5.74) is -1.17. The van der Waals surface area contributed by atoms with Crippen LogP contribution in [0.15, 0.2) is 0 Å². The Hall–Kier alpha value is -0.810. The summed E-state index contributed by atoms with van der Waals surface area (Å²) in [6, 6.07) is 0. The molecule has 2 spiro atoms. The minimum atomic E-state index is -0.592. The molecule has 3 fully saturated rings. The molecule has 0 atom stereocenters. The number of hydrogen-bond donors (Lipinski definition) is 2. The highest BCUT2D eigenvalue weighted by Gasteiger charge is 2.58. The first-order valence-electron chi connectivity index (χ1n) is 8.50. The average molecular weight is 330 g/mol. The molecule has 2 N–H and O–H groups in total. The van der Waals surface area contributed by atoms with Crippen LogP contribution in [-0.4, -0.2) is 47.4 Å². The molecule has 2 heterocycles. The number of nitrogens with one attached hydrogen (secondary N) is 2. The van der Waals surface area contributed by atoms with E-state index in [2.05, 4.69) is 17.6 Å². The van der Waals surface area contributed by atoms with Crippen molar-refractivity contribution in [3.05, 3.63) is 0 Å². The minimum absolute atomic E-state index is 0. The van der Waals surface area contributed by atoms with E-state index in [0.717, 1.165) is 71.0 Å². The molecule has 5 nitrogen and oxygen atoms in total. The number of nitrogens with zero attached hydrogens (tertiary/aromatic N) is 1. The number of carbonyl (C=O) groups excluding carboxylic acids is 2. The second-order valence-corrected chi connectivity index (χ2v) is 6.84. The fourth-order valence-corrected chi connectivity index (χ4v) is 4.25. The molecule has 0 aromatic heterocycles. The van der Waals surface area contributed by atoms with E-state index in [9.17, 15) is 9.59 Å². The Bertz CT molecular complexity index is 429. The molecule has 1 saturated carbocycles. The fourth-order valence-electron chi connectivity index (χ4n) is 4.25. The van der Waals surface area contributed by atoms with E-state index < -0.39 is 11.1 Å². The summed E-state index contributed by atoms with van der Waals surface area (Å²) in [6.07, 6.45) is 7.22. The van der Waals surface area contributed by atoms with Crippen molar-refractivity contribution in [1.29, 1.82) is 0 Å². The third-order valence-electron chi connectivity index (χ3n) is 5.57. The molecular formula is C16H28ClN3O2. The lowest BCUT2D eigenvalue weighted by Crippen LogP contribution is -2.76. The van der Waals surface area contributed by atoms with Gasteiger partial charge in [-0.2, -0.15) is 0 Å². The topological polar surface area (TPSA) is 61.4 Å². The first-order chi connectivity index (χ1) is 10.1. The van der Waals surface area contributed by atoms with Crippen molar-refractivity contribution in [2.45, 2.75) is 69.4 Å². The highest BCUT2D eigenvalue weighted by molar-refractivity contribution is 6.02. The first-order valence-corrected chi connectivity index (χ1v) is 8.50. The fraction of sp³-hybridized carbons (Fsp3) is 0.875. The lowest BCUT2D eigenvalue weighted by molar-refractivity contribution is -0.165. The Morgan fingerprint density at radius 3 is 2.32 bits per heavy atom. The zero-order chi connectivity index (χ0) is 14.9. The smallest absolute Gasteiger partial charge is 0.249 e. The van der Waals surface area contributed by atoms with Gasteiger partial charge in [-0.3, -0.25) is 9.59 Å². The molecule has 1 aliphatic carbocycles. The number of halogens is 1. The first kappa shape index (κ1) is 17.5. The maximum absolute atomic E-state index is 13.2. The summed E-state index contributed by atoms with van der Waals surface area (Å²) in [7, 11) is 0. The molecular weight excluding hydrogens is 302 g/mol. The van der Waals surface area contributed by atoms with Gasteiger partial charge in [0, 0.05) is 6.54 Å². The van der Waals surface area contributed by atoms with Crippen LogP contribution in [0.1, 0.15) is 58.3 Å². The Morgan fingerprint density at radius 2 is 1.73 bits per heavy atom. The minimum Gasteiger partial charge on any atom is -0.340 e. The highest BCUT2D eigenvalue weighted by Crippen LogP contribution is 2.40. The number of unbranched alkanes of at least 4 members (excludes halogenated alkanes) is 1. The van der Waals surface area contributed by atoms with E-state index in [0.29, 0.717) is 0 Å². The molecule has 3 aliphatic rings. The lowest BCUT2D eigenvalue weighted by Gasteiger charge is -2.53. The molecule has 0 aromatic rings. The van der Waals surface area contributed by atoms with E-state index in [-0.39, 0.29) is 24.2 Å². The van der Waals surface area contributed by atoms with Gasteiger partial charge in [-0.15, -0.1) is 12.4 Å². The van der Waals surface area contributed by atoms with Gasteiger partial charge in [0.15, 0.2) is 0 Å². The summed E-state index contributed by atoms with van der Waals surface area (Å²) in [5, 5.41) is 6.46. The highest BCUT2D eigenvalue weighted by atomic mass is 35.5. The van der Waals surface area contributed by atoms with Crippen LogP contribution in [0.2, 0.25) is 0 Å². The van der Waals surface area contributed by atoms with Crippen LogP contribution in [0, 0.1) is 0 Å². The van der Waals surface area contributed by atoms with Crippen molar-refractivity contribution in [1.82, 2.24) is 15.5 Å². The average Bonchev–Trinajstić information content (AvgIpc) is 2.96. The summed E-state index contributed by atoms with van der Waals surface area (Å²) in [4.78, 5) is 28.0. The van der Waals surface area contributed by atoms with Gasteiger partial charge in [0.05, 0.1) is 0 Å². The van der Waals surface area contributed by atoms with Crippen molar-refractivity contribution < 1.29 is 9.59 Å². The molecule has 22 heavy (non-hydrogen) atoms. The molecule has 0 bridgehead atoms. The summed E-state index contributed by atoms with van der Waals surface area (Å²) >= 11 is 0. The molecule has 2 saturated heterocycles. The van der Waals surface area contributed by atoms with Crippen molar-refractivity contribution >= 4 is 24.2 Å². The Morgan fingerprint density at radius 1 is 1.09 bits per heavy atom. The van der Waals surface area contributed by atoms with Gasteiger partial charge in [0.2, 0.25) is 11.8 Å². The number of piperidine rings is 1. The summed E-state index contributed by atoms with van der Waals surface area (Å²) in [6.45, 7) is 4.49. The normalized spacial score (nSPS) is 26.1. The molecule has 0 unspecified atom stereocenters. The maximum Gasteiger partial charge on any atom is 0.249 e. The molecule has 2 amide bonds. The van der Waals surface area contributed by atoms with Crippen molar-refractivity contribution in [3.8, 4) is 0 Å². The number of rotatable bonds is 3. The second-order valence-electron chi connectivity index (χ2n) is 6.84. The van der Waals surface area contributed by atoms with E-state index in [4.69, 9.17) is 0 Å². The predicted octanol–water partition coefficient (Wildman–Crippen LogP) is 1.60. The predicted molar refractivity (Wildman–Crippen MR) is 88.0 cm³/mol. The van der Waals surface area contributed by atoms with Crippen molar-refractivity contribution in [3.63, 3.8) is 0 Å². The third kappa shape index (κ3) is 2.62. The van der Waals surface area contributed by atoms with Crippen LogP contribution in [-0.2, 0) is 9.59 Å². The van der Waals surface area contributed by atoms with E-state index in [1.54, 1.807) is 0 Å². The van der Waals surface area contributed by atoms with Crippen LogP contribution >= 0.6 is 12.4 Å². The van der Waals surface area contributed by atoms with Crippen LogP contribution in [0.4, 0.5) is 0 Å².